The molecule has 0 aliphatic heterocycles. The van der Waals surface area contributed by atoms with Crippen molar-refractivity contribution in [3.05, 3.63) is 78.0 Å². The van der Waals surface area contributed by atoms with Crippen LogP contribution in [0.15, 0.2) is 66.1 Å². The van der Waals surface area contributed by atoms with E-state index in [1.165, 1.54) is 3.97 Å². The van der Waals surface area contributed by atoms with Crippen LogP contribution in [0.1, 0.15) is 21.6 Å². The van der Waals surface area contributed by atoms with Crippen LogP contribution in [0.25, 0.3) is 10.9 Å². The minimum absolute atomic E-state index is 0.191. The molecule has 0 atom stereocenters. The van der Waals surface area contributed by atoms with Gasteiger partial charge in [0.2, 0.25) is 0 Å². The van der Waals surface area contributed by atoms with Gasteiger partial charge >= 0.3 is 0 Å². The summed E-state index contributed by atoms with van der Waals surface area (Å²) < 4.78 is 27.7. The van der Waals surface area contributed by atoms with E-state index in [1.807, 2.05) is 6.92 Å². The number of aldehydes is 1. The molecule has 0 fully saturated rings. The number of carbonyl (C=O) groups excluding carboxylic acids is 1. The van der Waals surface area contributed by atoms with Gasteiger partial charge in [0.1, 0.15) is 0 Å². The number of fused-ring (bicyclic) bond motifs is 1. The zero-order valence-electron chi connectivity index (χ0n) is 13.3. The summed E-state index contributed by atoms with van der Waals surface area (Å²) in [6.07, 6.45) is 2.60. The number of para-hydroxylation sites is 1. The van der Waals surface area contributed by atoms with Crippen LogP contribution in [0.5, 0.6) is 0 Å². The molecule has 4 nitrogen and oxygen atoms in total. The minimum Gasteiger partial charge on any atom is -0.298 e. The Bertz CT molecular complexity index is 1030. The maximum absolute atomic E-state index is 13.2. The molecular formula is C19H17NO3S. The fraction of sp³-hybridized carbons (Fsp3) is 0.105. The van der Waals surface area contributed by atoms with Crippen molar-refractivity contribution in [2.24, 2.45) is 0 Å². The first kappa shape index (κ1) is 16.2. The third kappa shape index (κ3) is 2.47. The lowest BCUT2D eigenvalue weighted by Crippen LogP contribution is -2.16. The summed E-state index contributed by atoms with van der Waals surface area (Å²) >= 11 is 0. The van der Waals surface area contributed by atoms with E-state index in [4.69, 9.17) is 0 Å². The molecular weight excluding hydrogens is 322 g/mol. The fourth-order valence-electron chi connectivity index (χ4n) is 2.84. The monoisotopic (exact) mass is 339 g/mol. The van der Waals surface area contributed by atoms with Gasteiger partial charge in [0.25, 0.3) is 10.0 Å². The molecule has 122 valence electrons. The third-order valence-electron chi connectivity index (χ3n) is 3.98. The van der Waals surface area contributed by atoms with Gasteiger partial charge in [-0.1, -0.05) is 42.0 Å². The summed E-state index contributed by atoms with van der Waals surface area (Å²) in [4.78, 5) is 11.8. The maximum atomic E-state index is 13.2. The number of carbonyl (C=O) groups is 1. The number of benzene rings is 2. The van der Waals surface area contributed by atoms with Gasteiger partial charge in [0.05, 0.1) is 10.4 Å². The van der Waals surface area contributed by atoms with Crippen molar-refractivity contribution in [1.29, 1.82) is 0 Å². The largest absolute Gasteiger partial charge is 0.298 e. The lowest BCUT2D eigenvalue weighted by molar-refractivity contribution is 0.112. The Balaban J connectivity index is 2.40. The van der Waals surface area contributed by atoms with E-state index in [2.05, 4.69) is 6.58 Å². The smallest absolute Gasteiger partial charge is 0.268 e. The normalized spacial score (nSPS) is 11.5. The van der Waals surface area contributed by atoms with E-state index in [0.717, 1.165) is 5.56 Å². The summed E-state index contributed by atoms with van der Waals surface area (Å²) in [5.74, 6) is 0. The standard InChI is InChI=1S/C19H17NO3S/c1-3-6-18-17(13-21)16-7-4-5-8-19(16)20(18)24(22,23)15-11-9-14(2)10-12-15/h3-5,7-13H,1,6H2,2H3. The average Bonchev–Trinajstić information content (AvgIpc) is 2.89. The molecule has 0 saturated carbocycles. The highest BCUT2D eigenvalue weighted by molar-refractivity contribution is 7.90. The Kier molecular flexibility index (Phi) is 4.11. The van der Waals surface area contributed by atoms with Gasteiger partial charge in [-0.25, -0.2) is 12.4 Å². The third-order valence-corrected chi connectivity index (χ3v) is 5.75. The van der Waals surface area contributed by atoms with Crippen LogP contribution in [-0.4, -0.2) is 18.7 Å². The molecule has 2 aromatic carbocycles. The first-order chi connectivity index (χ1) is 11.5. The van der Waals surface area contributed by atoms with E-state index in [1.54, 1.807) is 54.6 Å². The molecule has 0 N–H and O–H groups in total. The Morgan fingerprint density at radius 3 is 2.38 bits per heavy atom. The zero-order valence-corrected chi connectivity index (χ0v) is 14.1. The zero-order chi connectivity index (χ0) is 17.3. The van der Waals surface area contributed by atoms with Gasteiger partial charge in [0, 0.05) is 23.1 Å². The SMILES string of the molecule is C=CCc1c(C=O)c2ccccc2n1S(=O)(=O)c1ccc(C)cc1. The molecule has 1 heterocycles. The van der Waals surface area contributed by atoms with Crippen molar-refractivity contribution in [2.75, 3.05) is 0 Å². The van der Waals surface area contributed by atoms with E-state index in [-0.39, 0.29) is 11.3 Å². The summed E-state index contributed by atoms with van der Waals surface area (Å²) in [5, 5.41) is 0.625. The number of rotatable bonds is 5. The van der Waals surface area contributed by atoms with Crippen LogP contribution in [0, 0.1) is 6.92 Å². The molecule has 0 bridgehead atoms. The number of hydrogen-bond acceptors (Lipinski definition) is 3. The molecule has 0 aliphatic rings. The van der Waals surface area contributed by atoms with Crippen LogP contribution in [-0.2, 0) is 16.4 Å². The second kappa shape index (κ2) is 6.09. The van der Waals surface area contributed by atoms with Crippen molar-refractivity contribution in [1.82, 2.24) is 3.97 Å². The van der Waals surface area contributed by atoms with Gasteiger partial charge in [-0.2, -0.15) is 0 Å². The van der Waals surface area contributed by atoms with Crippen LogP contribution in [0.3, 0.4) is 0 Å². The highest BCUT2D eigenvalue weighted by Gasteiger charge is 2.25. The summed E-state index contributed by atoms with van der Waals surface area (Å²) in [5.41, 5.74) is 2.30. The van der Waals surface area contributed by atoms with Gasteiger partial charge in [0.15, 0.2) is 6.29 Å². The van der Waals surface area contributed by atoms with Crippen molar-refractivity contribution < 1.29 is 13.2 Å². The fourth-order valence-corrected chi connectivity index (χ4v) is 4.41. The molecule has 1 aromatic heterocycles. The Morgan fingerprint density at radius 1 is 1.08 bits per heavy atom. The van der Waals surface area contributed by atoms with Crippen molar-refractivity contribution >= 4 is 27.2 Å². The molecule has 0 spiro atoms. The molecule has 0 radical (unpaired) electrons. The molecule has 0 saturated heterocycles. The van der Waals surface area contributed by atoms with Gasteiger partial charge in [-0.05, 0) is 25.1 Å². The Hall–Kier alpha value is -2.66. The van der Waals surface area contributed by atoms with E-state index in [0.29, 0.717) is 28.4 Å². The first-order valence-electron chi connectivity index (χ1n) is 7.51. The van der Waals surface area contributed by atoms with E-state index < -0.39 is 10.0 Å². The average molecular weight is 339 g/mol. The number of hydrogen-bond donors (Lipinski definition) is 0. The highest BCUT2D eigenvalue weighted by Crippen LogP contribution is 2.30. The van der Waals surface area contributed by atoms with Crippen molar-refractivity contribution in [2.45, 2.75) is 18.2 Å². The molecule has 5 heteroatoms. The topological polar surface area (TPSA) is 56.1 Å². The highest BCUT2D eigenvalue weighted by atomic mass is 32.2. The molecule has 0 unspecified atom stereocenters. The van der Waals surface area contributed by atoms with Crippen molar-refractivity contribution in [3.63, 3.8) is 0 Å². The summed E-state index contributed by atoms with van der Waals surface area (Å²) in [6.45, 7) is 5.58. The molecule has 0 aliphatic carbocycles. The van der Waals surface area contributed by atoms with Gasteiger partial charge in [-0.15, -0.1) is 6.58 Å². The van der Waals surface area contributed by atoms with Crippen LogP contribution in [0.4, 0.5) is 0 Å². The Labute approximate surface area is 141 Å². The molecule has 3 rings (SSSR count). The quantitative estimate of drug-likeness (QED) is 0.526. The summed E-state index contributed by atoms with van der Waals surface area (Å²) in [7, 11) is -3.81. The molecule has 24 heavy (non-hydrogen) atoms. The second-order valence-electron chi connectivity index (χ2n) is 5.57. The second-order valence-corrected chi connectivity index (χ2v) is 7.36. The maximum Gasteiger partial charge on any atom is 0.268 e. The number of aromatic nitrogens is 1. The Morgan fingerprint density at radius 2 is 1.75 bits per heavy atom. The lowest BCUT2D eigenvalue weighted by atomic mass is 10.1. The van der Waals surface area contributed by atoms with E-state index >= 15 is 0 Å². The van der Waals surface area contributed by atoms with Gasteiger partial charge < -0.3 is 0 Å². The number of aryl methyl sites for hydroxylation is 1. The van der Waals surface area contributed by atoms with Crippen LogP contribution in [0.2, 0.25) is 0 Å². The number of allylic oxidation sites excluding steroid dienone is 1. The van der Waals surface area contributed by atoms with Crippen molar-refractivity contribution in [3.8, 4) is 0 Å². The molecule has 0 amide bonds. The van der Waals surface area contributed by atoms with Gasteiger partial charge in [-0.3, -0.25) is 4.79 Å². The lowest BCUT2D eigenvalue weighted by Gasteiger charge is -2.11. The number of nitrogens with zero attached hydrogens (tertiary/aromatic N) is 1. The van der Waals surface area contributed by atoms with Crippen LogP contribution >= 0.6 is 0 Å². The summed E-state index contributed by atoms with van der Waals surface area (Å²) in [6, 6.07) is 13.7. The predicted octanol–water partition coefficient (Wildman–Crippen LogP) is 3.73. The minimum atomic E-state index is -3.81. The predicted molar refractivity (Wildman–Crippen MR) is 95.0 cm³/mol. The van der Waals surface area contributed by atoms with E-state index in [9.17, 15) is 13.2 Å². The first-order valence-corrected chi connectivity index (χ1v) is 8.95. The van der Waals surface area contributed by atoms with Crippen LogP contribution < -0.4 is 0 Å². The molecule has 3 aromatic rings.